The second-order valence-corrected chi connectivity index (χ2v) is 5.10. The van der Waals surface area contributed by atoms with E-state index in [9.17, 15) is 0 Å². The van der Waals surface area contributed by atoms with E-state index in [2.05, 4.69) is 33.6 Å². The summed E-state index contributed by atoms with van der Waals surface area (Å²) in [6.07, 6.45) is 3.49. The van der Waals surface area contributed by atoms with E-state index in [0.717, 1.165) is 18.5 Å². The number of halogens is 1. The molecule has 0 amide bonds. The summed E-state index contributed by atoms with van der Waals surface area (Å²) in [7, 11) is 0. The van der Waals surface area contributed by atoms with Crippen LogP contribution in [0.4, 0.5) is 0 Å². The molecule has 2 rings (SSSR count). The minimum absolute atomic E-state index is 0.753. The predicted molar refractivity (Wildman–Crippen MR) is 57.1 cm³/mol. The Hall–Kier alpha value is -0.670. The van der Waals surface area contributed by atoms with Gasteiger partial charge in [0.1, 0.15) is 6.07 Å². The number of pyridine rings is 1. The highest BCUT2D eigenvalue weighted by Crippen LogP contribution is 2.30. The number of thiophene rings is 1. The molecule has 58 valence electrons. The zero-order chi connectivity index (χ0) is 8.55. The summed E-state index contributed by atoms with van der Waals surface area (Å²) in [6.45, 7) is 0. The quantitative estimate of drug-likeness (QED) is 0.698. The van der Waals surface area contributed by atoms with E-state index >= 15 is 0 Å². The van der Waals surface area contributed by atoms with Gasteiger partial charge in [-0.1, -0.05) is 0 Å². The van der Waals surface area contributed by atoms with Gasteiger partial charge in [-0.15, -0.1) is 11.3 Å². The first-order chi connectivity index (χ1) is 5.83. The Morgan fingerprint density at radius 1 is 1.58 bits per heavy atom. The summed E-state index contributed by atoms with van der Waals surface area (Å²) in [5.74, 6) is 0. The largest absolute Gasteiger partial charge is 0.264 e. The average Bonchev–Trinajstić information content (AvgIpc) is 2.40. The molecule has 12 heavy (non-hydrogen) atoms. The van der Waals surface area contributed by atoms with Crippen molar-refractivity contribution in [3.05, 3.63) is 26.9 Å². The van der Waals surface area contributed by atoms with Crippen molar-refractivity contribution in [2.45, 2.75) is 0 Å². The van der Waals surface area contributed by atoms with Crippen molar-refractivity contribution in [2.24, 2.45) is 0 Å². The van der Waals surface area contributed by atoms with Gasteiger partial charge in [0.15, 0.2) is 0 Å². The van der Waals surface area contributed by atoms with Gasteiger partial charge in [-0.05, 0) is 28.7 Å². The Labute approximate surface area is 87.0 Å². The second kappa shape index (κ2) is 2.99. The number of fused-ring (bicyclic) bond motifs is 1. The molecular formula is C8H3IN2S. The molecule has 2 aromatic rings. The molecule has 0 aliphatic heterocycles. The van der Waals surface area contributed by atoms with Gasteiger partial charge in [0.25, 0.3) is 0 Å². The van der Waals surface area contributed by atoms with Gasteiger partial charge in [-0.3, -0.25) is 4.98 Å². The Kier molecular flexibility index (Phi) is 1.98. The minimum Gasteiger partial charge on any atom is -0.264 e. The highest BCUT2D eigenvalue weighted by molar-refractivity contribution is 14.1. The first-order valence-electron chi connectivity index (χ1n) is 3.25. The van der Waals surface area contributed by atoms with Crippen LogP contribution in [0.2, 0.25) is 0 Å². The van der Waals surface area contributed by atoms with Crippen molar-refractivity contribution >= 4 is 44.0 Å². The van der Waals surface area contributed by atoms with E-state index in [1.807, 2.05) is 6.07 Å². The summed E-state index contributed by atoms with van der Waals surface area (Å²) in [4.78, 5) is 3.99. The zero-order valence-electron chi connectivity index (χ0n) is 5.91. The SMILES string of the molecule is N#Cc1c(I)sc2ccncc12. The lowest BCUT2D eigenvalue weighted by Gasteiger charge is -1.85. The third-order valence-electron chi connectivity index (χ3n) is 1.56. The summed E-state index contributed by atoms with van der Waals surface area (Å²) in [5, 5.41) is 9.80. The Bertz CT molecular complexity index is 469. The van der Waals surface area contributed by atoms with Crippen LogP contribution in [-0.4, -0.2) is 4.98 Å². The van der Waals surface area contributed by atoms with E-state index in [0.29, 0.717) is 0 Å². The number of aromatic nitrogens is 1. The van der Waals surface area contributed by atoms with E-state index in [1.54, 1.807) is 23.7 Å². The minimum atomic E-state index is 0.753. The normalized spacial score (nSPS) is 10.0. The fourth-order valence-electron chi connectivity index (χ4n) is 1.02. The molecule has 2 heterocycles. The van der Waals surface area contributed by atoms with Gasteiger partial charge in [-0.2, -0.15) is 5.26 Å². The molecule has 0 saturated heterocycles. The Morgan fingerprint density at radius 3 is 3.17 bits per heavy atom. The third kappa shape index (κ3) is 1.09. The fourth-order valence-corrected chi connectivity index (χ4v) is 2.98. The molecule has 0 saturated carbocycles. The van der Waals surface area contributed by atoms with Gasteiger partial charge in [0, 0.05) is 22.5 Å². The fraction of sp³-hybridized carbons (Fsp3) is 0. The molecule has 0 aliphatic rings. The summed E-state index contributed by atoms with van der Waals surface area (Å²) in [5.41, 5.74) is 0.753. The Balaban J connectivity index is 2.93. The standard InChI is InChI=1S/C8H3IN2S/c9-8-5(3-10)6-4-11-2-1-7(6)12-8/h1-2,4H. The van der Waals surface area contributed by atoms with Crippen LogP contribution in [0.15, 0.2) is 18.5 Å². The maximum atomic E-state index is 8.83. The number of rotatable bonds is 0. The molecule has 0 spiro atoms. The first-order valence-corrected chi connectivity index (χ1v) is 5.14. The first kappa shape index (κ1) is 7.95. The van der Waals surface area contributed by atoms with Crippen LogP contribution in [0.3, 0.4) is 0 Å². The lowest BCUT2D eigenvalue weighted by atomic mass is 10.2. The average molecular weight is 286 g/mol. The van der Waals surface area contributed by atoms with Crippen LogP contribution in [0, 0.1) is 14.2 Å². The summed E-state index contributed by atoms with van der Waals surface area (Å²) >= 11 is 3.81. The van der Waals surface area contributed by atoms with Crippen molar-refractivity contribution in [1.82, 2.24) is 4.98 Å². The van der Waals surface area contributed by atoms with Crippen LogP contribution < -0.4 is 0 Å². The van der Waals surface area contributed by atoms with E-state index in [1.165, 1.54) is 0 Å². The molecular weight excluding hydrogens is 283 g/mol. The van der Waals surface area contributed by atoms with Crippen LogP contribution >= 0.6 is 33.9 Å². The third-order valence-corrected chi connectivity index (χ3v) is 3.72. The lowest BCUT2D eigenvalue weighted by Crippen LogP contribution is -1.73. The maximum absolute atomic E-state index is 8.83. The summed E-state index contributed by atoms with van der Waals surface area (Å²) < 4.78 is 2.17. The smallest absolute Gasteiger partial charge is 0.102 e. The van der Waals surface area contributed by atoms with Gasteiger partial charge in [0.05, 0.1) is 8.45 Å². The van der Waals surface area contributed by atoms with Gasteiger partial charge in [-0.25, -0.2) is 0 Å². The maximum Gasteiger partial charge on any atom is 0.102 e. The van der Waals surface area contributed by atoms with Crippen molar-refractivity contribution in [3.63, 3.8) is 0 Å². The number of nitriles is 1. The molecule has 0 unspecified atom stereocenters. The molecule has 0 N–H and O–H groups in total. The highest BCUT2D eigenvalue weighted by atomic mass is 127. The van der Waals surface area contributed by atoms with Crippen LogP contribution in [0.1, 0.15) is 5.56 Å². The Morgan fingerprint density at radius 2 is 2.42 bits per heavy atom. The number of hydrogen-bond donors (Lipinski definition) is 0. The van der Waals surface area contributed by atoms with Gasteiger partial charge >= 0.3 is 0 Å². The van der Waals surface area contributed by atoms with Gasteiger partial charge in [0.2, 0.25) is 0 Å². The molecule has 2 aromatic heterocycles. The van der Waals surface area contributed by atoms with Crippen molar-refractivity contribution in [1.29, 1.82) is 5.26 Å². The molecule has 2 nitrogen and oxygen atoms in total. The predicted octanol–water partition coefficient (Wildman–Crippen LogP) is 2.77. The molecule has 0 atom stereocenters. The van der Waals surface area contributed by atoms with Crippen LogP contribution in [0.5, 0.6) is 0 Å². The second-order valence-electron chi connectivity index (χ2n) is 2.23. The molecule has 0 aliphatic carbocycles. The molecule has 0 fully saturated rings. The van der Waals surface area contributed by atoms with E-state index in [-0.39, 0.29) is 0 Å². The van der Waals surface area contributed by atoms with E-state index < -0.39 is 0 Å². The molecule has 0 aromatic carbocycles. The number of hydrogen-bond acceptors (Lipinski definition) is 3. The molecule has 0 radical (unpaired) electrons. The lowest BCUT2D eigenvalue weighted by molar-refractivity contribution is 1.37. The molecule has 4 heteroatoms. The van der Waals surface area contributed by atoms with Crippen LogP contribution in [0.25, 0.3) is 10.1 Å². The van der Waals surface area contributed by atoms with Crippen LogP contribution in [-0.2, 0) is 0 Å². The molecule has 0 bridgehead atoms. The van der Waals surface area contributed by atoms with Gasteiger partial charge < -0.3 is 0 Å². The monoisotopic (exact) mass is 286 g/mol. The number of nitrogens with zero attached hydrogens (tertiary/aromatic N) is 2. The zero-order valence-corrected chi connectivity index (χ0v) is 8.89. The topological polar surface area (TPSA) is 36.7 Å². The summed E-state index contributed by atoms with van der Waals surface area (Å²) in [6, 6.07) is 4.11. The highest BCUT2D eigenvalue weighted by Gasteiger charge is 2.08. The van der Waals surface area contributed by atoms with Crippen molar-refractivity contribution in [2.75, 3.05) is 0 Å². The van der Waals surface area contributed by atoms with Crippen molar-refractivity contribution < 1.29 is 0 Å². The van der Waals surface area contributed by atoms with Crippen molar-refractivity contribution in [3.8, 4) is 6.07 Å². The van der Waals surface area contributed by atoms with E-state index in [4.69, 9.17) is 5.26 Å².